The number of aromatic nitrogens is 2. The summed E-state index contributed by atoms with van der Waals surface area (Å²) in [7, 11) is 0. The number of carbonyl (C=O) groups excluding carboxylic acids is 2. The lowest BCUT2D eigenvalue weighted by Crippen LogP contribution is -2.46. The smallest absolute Gasteiger partial charge is 0.437 e. The summed E-state index contributed by atoms with van der Waals surface area (Å²) in [6, 6.07) is 10.5. The minimum atomic E-state index is -0.929. The number of aliphatic hydroxyl groups is 1. The normalized spacial score (nSPS) is 17.1. The molecule has 4 rings (SSSR count). The Morgan fingerprint density at radius 1 is 1.06 bits per heavy atom. The van der Waals surface area contributed by atoms with Crippen LogP contribution in [0.15, 0.2) is 45.9 Å². The Balaban J connectivity index is 1.48. The first-order valence-corrected chi connectivity index (χ1v) is 16.0. The molecule has 12 nitrogen and oxygen atoms in total. The molecule has 47 heavy (non-hydrogen) atoms. The zero-order valence-corrected chi connectivity index (χ0v) is 29.1. The second-order valence-corrected chi connectivity index (χ2v) is 14.1. The maximum atomic E-state index is 12.7. The summed E-state index contributed by atoms with van der Waals surface area (Å²) in [6.45, 7) is 12.7. The zero-order chi connectivity index (χ0) is 34.5. The van der Waals surface area contributed by atoms with E-state index in [1.807, 2.05) is 37.3 Å². The number of hydrogen-bond acceptors (Lipinski definition) is 9. The molecule has 0 spiro atoms. The van der Waals surface area contributed by atoms with E-state index < -0.39 is 35.5 Å². The molecule has 1 aromatic heterocycles. The van der Waals surface area contributed by atoms with Crippen LogP contribution in [0.4, 0.5) is 9.59 Å². The van der Waals surface area contributed by atoms with E-state index in [0.29, 0.717) is 28.0 Å². The van der Waals surface area contributed by atoms with Crippen LogP contribution in [-0.4, -0.2) is 68.8 Å². The van der Waals surface area contributed by atoms with Crippen LogP contribution in [-0.2, 0) is 15.9 Å². The Labute approximate surface area is 284 Å². The molecule has 0 bridgehead atoms. The summed E-state index contributed by atoms with van der Waals surface area (Å²) in [4.78, 5) is 35.5. The summed E-state index contributed by atoms with van der Waals surface area (Å²) in [6.07, 6.45) is -0.835. The first-order valence-electron chi connectivity index (χ1n) is 15.2. The number of carbonyl (C=O) groups is 2. The summed E-state index contributed by atoms with van der Waals surface area (Å²) < 4.78 is 22.4. The molecule has 1 aliphatic rings. The first-order chi connectivity index (χ1) is 22.0. The topological polar surface area (TPSA) is 149 Å². The predicted molar refractivity (Wildman–Crippen MR) is 178 cm³/mol. The number of benzene rings is 2. The van der Waals surface area contributed by atoms with Crippen molar-refractivity contribution in [2.75, 3.05) is 13.2 Å². The average molecular weight is 691 g/mol. The highest BCUT2D eigenvalue weighted by atomic mass is 35.5. The van der Waals surface area contributed by atoms with Crippen LogP contribution < -0.4 is 10.1 Å². The van der Waals surface area contributed by atoms with Crippen LogP contribution in [0.25, 0.3) is 11.4 Å². The predicted octanol–water partition coefficient (Wildman–Crippen LogP) is 7.29. The van der Waals surface area contributed by atoms with Crippen molar-refractivity contribution >= 4 is 41.3 Å². The van der Waals surface area contributed by atoms with Gasteiger partial charge in [-0.2, -0.15) is 4.98 Å². The third-order valence-electron chi connectivity index (χ3n) is 6.77. The van der Waals surface area contributed by atoms with Crippen molar-refractivity contribution in [2.45, 2.75) is 91.1 Å². The van der Waals surface area contributed by atoms with E-state index >= 15 is 0 Å². The van der Waals surface area contributed by atoms with Gasteiger partial charge in [-0.1, -0.05) is 34.4 Å². The number of alkyl carbamates (subject to hydrolysis) is 1. The lowest BCUT2D eigenvalue weighted by Gasteiger charge is -2.27. The second kappa shape index (κ2) is 14.9. The molecule has 1 saturated heterocycles. The number of nitrogens with zero attached hydrogens (tertiary/aromatic N) is 4. The van der Waals surface area contributed by atoms with Gasteiger partial charge >= 0.3 is 12.2 Å². The number of β-amino-alcohol motifs (C(OH)–C–C–N with tert-alkyl or cyclic N) is 1. The van der Waals surface area contributed by atoms with Gasteiger partial charge in [-0.05, 0) is 103 Å². The van der Waals surface area contributed by atoms with Crippen molar-refractivity contribution in [3.63, 3.8) is 0 Å². The number of halogens is 2. The van der Waals surface area contributed by atoms with Gasteiger partial charge < -0.3 is 28.7 Å². The van der Waals surface area contributed by atoms with Gasteiger partial charge in [0.05, 0.1) is 22.8 Å². The highest BCUT2D eigenvalue weighted by molar-refractivity contribution is 6.42. The van der Waals surface area contributed by atoms with E-state index in [2.05, 4.69) is 20.4 Å². The van der Waals surface area contributed by atoms with Crippen LogP contribution in [0, 0.1) is 6.92 Å². The van der Waals surface area contributed by atoms with Crippen LogP contribution in [0.1, 0.15) is 77.4 Å². The van der Waals surface area contributed by atoms with E-state index in [0.717, 1.165) is 29.7 Å². The molecule has 2 N–H and O–H groups in total. The molecule has 2 atom stereocenters. The summed E-state index contributed by atoms with van der Waals surface area (Å²) >= 11 is 12.1. The van der Waals surface area contributed by atoms with E-state index in [4.69, 9.17) is 41.9 Å². The standard InChI is InChI=1S/C33H41Cl2N5O7/c1-19-15-21(11-13-26(19)44-14-8-9-20-10-12-23(34)24(35)16-20)27-36-28(47-39-27)25-17-22(41)18-40(25)29(37-30(42)45-32(2,3)4)38-31(43)46-33(5,6)7/h10-13,15-16,22,25,41H,8-9,14,17-18H2,1-7H3,(H,37,38,42,43)/t22-,25+/m1/s1. The molecular weight excluding hydrogens is 649 g/mol. The third-order valence-corrected chi connectivity index (χ3v) is 7.50. The van der Waals surface area contributed by atoms with Crippen molar-refractivity contribution in [1.82, 2.24) is 20.4 Å². The molecule has 254 valence electrons. The average Bonchev–Trinajstić information content (AvgIpc) is 3.58. The Hall–Kier alpha value is -3.87. The van der Waals surface area contributed by atoms with E-state index in [9.17, 15) is 14.7 Å². The number of aliphatic imine (C=N–C) groups is 1. The maximum Gasteiger partial charge on any atom is 0.437 e. The number of guanidine groups is 1. The minimum Gasteiger partial charge on any atom is -0.493 e. The lowest BCUT2D eigenvalue weighted by molar-refractivity contribution is 0.0552. The number of aliphatic hydroxyl groups excluding tert-OH is 1. The van der Waals surface area contributed by atoms with Gasteiger partial charge in [0.1, 0.15) is 23.0 Å². The largest absolute Gasteiger partial charge is 0.493 e. The molecule has 1 aliphatic heterocycles. The van der Waals surface area contributed by atoms with Crippen LogP contribution >= 0.6 is 23.2 Å². The Bertz CT molecular complexity index is 1610. The monoisotopic (exact) mass is 689 g/mol. The quantitative estimate of drug-likeness (QED) is 0.147. The van der Waals surface area contributed by atoms with E-state index in [1.54, 1.807) is 47.6 Å². The van der Waals surface area contributed by atoms with Crippen molar-refractivity contribution in [2.24, 2.45) is 4.99 Å². The zero-order valence-electron chi connectivity index (χ0n) is 27.6. The molecule has 0 aliphatic carbocycles. The van der Waals surface area contributed by atoms with Gasteiger partial charge in [0.25, 0.3) is 0 Å². The fourth-order valence-electron chi connectivity index (χ4n) is 4.80. The van der Waals surface area contributed by atoms with Gasteiger partial charge in [0.2, 0.25) is 17.7 Å². The minimum absolute atomic E-state index is 0.0238. The summed E-state index contributed by atoms with van der Waals surface area (Å²) in [5, 5.41) is 18.4. The van der Waals surface area contributed by atoms with Gasteiger partial charge in [0, 0.05) is 18.5 Å². The number of likely N-dealkylation sites (tertiary alicyclic amines) is 1. The third kappa shape index (κ3) is 10.6. The fourth-order valence-corrected chi connectivity index (χ4v) is 5.12. The van der Waals surface area contributed by atoms with Gasteiger partial charge in [-0.3, -0.25) is 5.32 Å². The molecule has 2 aromatic carbocycles. The van der Waals surface area contributed by atoms with Gasteiger partial charge in [-0.25, -0.2) is 9.59 Å². The SMILES string of the molecule is Cc1cc(-c2noc([C@@H]3C[C@@H](O)CN3C(=NC(=O)OC(C)(C)C)NC(=O)OC(C)(C)C)n2)ccc1OCCCc1ccc(Cl)c(Cl)c1. The van der Waals surface area contributed by atoms with E-state index in [1.165, 1.54) is 4.90 Å². The number of rotatable bonds is 7. The molecule has 2 amide bonds. The number of nitrogens with one attached hydrogen (secondary N) is 1. The number of aryl methyl sites for hydroxylation is 2. The second-order valence-electron chi connectivity index (χ2n) is 13.2. The number of amides is 2. The van der Waals surface area contributed by atoms with Crippen LogP contribution in [0.3, 0.4) is 0 Å². The highest BCUT2D eigenvalue weighted by Crippen LogP contribution is 2.33. The molecule has 1 fully saturated rings. The van der Waals surface area contributed by atoms with Crippen molar-refractivity contribution in [1.29, 1.82) is 0 Å². The number of hydrogen-bond donors (Lipinski definition) is 2. The Morgan fingerprint density at radius 3 is 2.45 bits per heavy atom. The summed E-state index contributed by atoms with van der Waals surface area (Å²) in [5.41, 5.74) is 1.03. The van der Waals surface area contributed by atoms with Crippen molar-refractivity contribution in [3.05, 3.63) is 63.5 Å². The fraction of sp³-hybridized carbons (Fsp3) is 0.485. The molecular formula is C33H41Cl2N5O7. The lowest BCUT2D eigenvalue weighted by atomic mass is 10.1. The van der Waals surface area contributed by atoms with Gasteiger partial charge in [0.15, 0.2) is 0 Å². The first kappa shape index (κ1) is 36.0. The van der Waals surface area contributed by atoms with Gasteiger partial charge in [-0.15, -0.1) is 4.99 Å². The molecule has 0 saturated carbocycles. The summed E-state index contributed by atoms with van der Waals surface area (Å²) in [5.74, 6) is 1.04. The molecule has 14 heteroatoms. The Morgan fingerprint density at radius 2 is 1.79 bits per heavy atom. The number of ether oxygens (including phenoxy) is 3. The highest BCUT2D eigenvalue weighted by Gasteiger charge is 2.39. The van der Waals surface area contributed by atoms with E-state index in [-0.39, 0.29) is 24.8 Å². The van der Waals surface area contributed by atoms with Crippen molar-refractivity contribution in [3.8, 4) is 17.1 Å². The maximum absolute atomic E-state index is 12.7. The van der Waals surface area contributed by atoms with Crippen LogP contribution in [0.5, 0.6) is 5.75 Å². The molecule has 3 aromatic rings. The molecule has 0 unspecified atom stereocenters. The molecule has 2 heterocycles. The Kier molecular flexibility index (Phi) is 11.4. The van der Waals surface area contributed by atoms with Crippen molar-refractivity contribution < 1.29 is 33.4 Å². The molecule has 0 radical (unpaired) electrons. The van der Waals surface area contributed by atoms with Crippen LogP contribution in [0.2, 0.25) is 10.0 Å².